The van der Waals surface area contributed by atoms with Gasteiger partial charge in [0.1, 0.15) is 0 Å². The van der Waals surface area contributed by atoms with Crippen molar-refractivity contribution in [3.8, 4) is 10.7 Å². The van der Waals surface area contributed by atoms with E-state index in [2.05, 4.69) is 20.5 Å². The first-order valence-electron chi connectivity index (χ1n) is 6.89. The molecule has 7 nitrogen and oxygen atoms in total. The molecule has 2 aromatic rings. The van der Waals surface area contributed by atoms with Gasteiger partial charge in [0.05, 0.1) is 17.1 Å². The maximum Gasteiger partial charge on any atom is 0.240 e. The average molecular weight is 340 g/mol. The summed E-state index contributed by atoms with van der Waals surface area (Å²) in [6.07, 6.45) is 0. The maximum atomic E-state index is 12.0. The number of thiazole rings is 1. The molecule has 120 valence electrons. The van der Waals surface area contributed by atoms with Gasteiger partial charge in [-0.05, 0) is 40.0 Å². The van der Waals surface area contributed by atoms with E-state index < -0.39 is 0 Å². The van der Waals surface area contributed by atoms with Crippen LogP contribution < -0.4 is 5.32 Å². The molecule has 1 amide bonds. The summed E-state index contributed by atoms with van der Waals surface area (Å²) < 4.78 is 2.33. The molecule has 2 rings (SSSR count). The van der Waals surface area contributed by atoms with Crippen molar-refractivity contribution in [3.05, 3.63) is 10.5 Å². The van der Waals surface area contributed by atoms with E-state index in [9.17, 15) is 4.79 Å². The number of H-pyrrole nitrogens is 1. The molecule has 0 aliphatic rings. The van der Waals surface area contributed by atoms with Crippen LogP contribution >= 0.6 is 23.6 Å². The first-order valence-corrected chi connectivity index (χ1v) is 8.11. The van der Waals surface area contributed by atoms with Crippen LogP contribution in [0.25, 0.3) is 10.7 Å². The topological polar surface area (TPSA) is 78.8 Å². The van der Waals surface area contributed by atoms with Crippen molar-refractivity contribution in [1.29, 1.82) is 0 Å². The van der Waals surface area contributed by atoms with Crippen molar-refractivity contribution in [2.24, 2.45) is 7.05 Å². The highest BCUT2D eigenvalue weighted by atomic mass is 32.1. The minimum atomic E-state index is -0.0770. The predicted molar refractivity (Wildman–Crippen MR) is 90.6 cm³/mol. The number of hydrogen-bond donors (Lipinski definition) is 2. The molecule has 0 saturated heterocycles. The van der Waals surface area contributed by atoms with Crippen molar-refractivity contribution in [3.63, 3.8) is 0 Å². The lowest BCUT2D eigenvalue weighted by Crippen LogP contribution is -2.34. The molecular formula is C13H20N6OS2. The van der Waals surface area contributed by atoms with E-state index in [1.807, 2.05) is 39.8 Å². The molecule has 0 atom stereocenters. The Hall–Kier alpha value is -1.58. The first kappa shape index (κ1) is 16.8. The zero-order chi connectivity index (χ0) is 16.4. The fourth-order valence-electron chi connectivity index (χ4n) is 1.78. The Kier molecular flexibility index (Phi) is 5.09. The standard InChI is InChI=1S/C13H20N6OS2/c1-7(2)18(4)6-9(20)15-12-14-8(3)10(22-12)11-16-17-13(21)19(11)5/h7H,6H2,1-5H3,(H,17,21)(H,14,15,20). The number of anilines is 1. The Morgan fingerprint density at radius 1 is 1.55 bits per heavy atom. The number of carbonyl (C=O) groups is 1. The Morgan fingerprint density at radius 2 is 2.23 bits per heavy atom. The van der Waals surface area contributed by atoms with E-state index in [-0.39, 0.29) is 5.91 Å². The largest absolute Gasteiger partial charge is 0.303 e. The Bertz CT molecular complexity index is 729. The lowest BCUT2D eigenvalue weighted by molar-refractivity contribution is -0.117. The third-order valence-corrected chi connectivity index (χ3v) is 4.83. The molecule has 0 aromatic carbocycles. The molecule has 0 saturated carbocycles. The van der Waals surface area contributed by atoms with Crippen molar-refractivity contribution in [2.45, 2.75) is 26.8 Å². The lowest BCUT2D eigenvalue weighted by Gasteiger charge is -2.19. The molecule has 2 N–H and O–H groups in total. The third-order valence-electron chi connectivity index (χ3n) is 3.40. The monoisotopic (exact) mass is 340 g/mol. The summed E-state index contributed by atoms with van der Waals surface area (Å²) in [5.41, 5.74) is 0.814. The highest BCUT2D eigenvalue weighted by Gasteiger charge is 2.17. The Morgan fingerprint density at radius 3 is 2.77 bits per heavy atom. The van der Waals surface area contributed by atoms with Crippen LogP contribution in [0.3, 0.4) is 0 Å². The quantitative estimate of drug-likeness (QED) is 0.816. The number of aromatic nitrogens is 4. The van der Waals surface area contributed by atoms with Crippen LogP contribution in [0.5, 0.6) is 0 Å². The van der Waals surface area contributed by atoms with Crippen molar-refractivity contribution in [1.82, 2.24) is 24.6 Å². The number of nitrogens with one attached hydrogen (secondary N) is 2. The maximum absolute atomic E-state index is 12.0. The van der Waals surface area contributed by atoms with E-state index in [1.54, 1.807) is 4.57 Å². The summed E-state index contributed by atoms with van der Waals surface area (Å²) in [5, 5.41) is 10.4. The number of hydrogen-bond acceptors (Lipinski definition) is 6. The van der Waals surface area contributed by atoms with Crippen LogP contribution in [-0.2, 0) is 11.8 Å². The summed E-state index contributed by atoms with van der Waals surface area (Å²) in [4.78, 5) is 19.3. The minimum absolute atomic E-state index is 0.0770. The second-order valence-electron chi connectivity index (χ2n) is 5.40. The summed E-state index contributed by atoms with van der Waals surface area (Å²) in [6, 6.07) is 0.313. The highest BCUT2D eigenvalue weighted by molar-refractivity contribution is 7.71. The normalized spacial score (nSPS) is 11.4. The Balaban J connectivity index is 2.15. The van der Waals surface area contributed by atoms with Gasteiger partial charge in [0.25, 0.3) is 0 Å². The van der Waals surface area contributed by atoms with Crippen LogP contribution in [0.2, 0.25) is 0 Å². The highest BCUT2D eigenvalue weighted by Crippen LogP contribution is 2.31. The molecule has 0 aliphatic carbocycles. The van der Waals surface area contributed by atoms with Gasteiger partial charge in [-0.2, -0.15) is 5.10 Å². The molecular weight excluding hydrogens is 320 g/mol. The van der Waals surface area contributed by atoms with Gasteiger partial charge in [-0.15, -0.1) is 0 Å². The summed E-state index contributed by atoms with van der Waals surface area (Å²) in [5.74, 6) is 0.645. The molecule has 0 aliphatic heterocycles. The molecule has 2 heterocycles. The number of aryl methyl sites for hydroxylation is 1. The number of rotatable bonds is 5. The second-order valence-corrected chi connectivity index (χ2v) is 6.79. The summed E-state index contributed by atoms with van der Waals surface area (Å²) in [6.45, 7) is 6.31. The van der Waals surface area contributed by atoms with Gasteiger partial charge < -0.3 is 9.88 Å². The molecule has 0 unspecified atom stereocenters. The van der Waals surface area contributed by atoms with Gasteiger partial charge >= 0.3 is 0 Å². The number of nitrogens with zero attached hydrogens (tertiary/aromatic N) is 4. The van der Waals surface area contributed by atoms with Crippen molar-refractivity contribution >= 4 is 34.6 Å². The fourth-order valence-corrected chi connectivity index (χ4v) is 2.92. The van der Waals surface area contributed by atoms with Gasteiger partial charge in [0.15, 0.2) is 15.7 Å². The summed E-state index contributed by atoms with van der Waals surface area (Å²) in [7, 11) is 3.76. The molecule has 22 heavy (non-hydrogen) atoms. The van der Waals surface area contributed by atoms with Crippen LogP contribution in [0.4, 0.5) is 5.13 Å². The SMILES string of the molecule is Cc1nc(NC(=O)CN(C)C(C)C)sc1-c1n[nH]c(=S)n1C. The molecule has 9 heteroatoms. The number of likely N-dealkylation sites (N-methyl/N-ethyl adjacent to an activating group) is 1. The van der Waals surface area contributed by atoms with E-state index in [1.165, 1.54) is 11.3 Å². The molecule has 2 aromatic heterocycles. The second kappa shape index (κ2) is 6.67. The first-order chi connectivity index (χ1) is 10.3. The van der Waals surface area contributed by atoms with Crippen LogP contribution in [0, 0.1) is 11.7 Å². The van der Waals surface area contributed by atoms with Crippen LogP contribution in [0.1, 0.15) is 19.5 Å². The van der Waals surface area contributed by atoms with E-state index in [0.29, 0.717) is 22.5 Å². The van der Waals surface area contributed by atoms with E-state index in [0.717, 1.165) is 16.4 Å². The number of aromatic amines is 1. The predicted octanol–water partition coefficient (Wildman–Crippen LogP) is 2.19. The van der Waals surface area contributed by atoms with Crippen molar-refractivity contribution < 1.29 is 4.79 Å². The molecule has 0 spiro atoms. The zero-order valence-corrected chi connectivity index (χ0v) is 14.9. The number of carbonyl (C=O) groups excluding carboxylic acids is 1. The van der Waals surface area contributed by atoms with Gasteiger partial charge in [-0.1, -0.05) is 11.3 Å². The lowest BCUT2D eigenvalue weighted by atomic mass is 10.3. The minimum Gasteiger partial charge on any atom is -0.303 e. The van der Waals surface area contributed by atoms with E-state index >= 15 is 0 Å². The smallest absolute Gasteiger partial charge is 0.240 e. The third kappa shape index (κ3) is 3.60. The Labute approximate surface area is 138 Å². The van der Waals surface area contributed by atoms with Gasteiger partial charge in [-0.25, -0.2) is 4.98 Å². The summed E-state index contributed by atoms with van der Waals surface area (Å²) >= 11 is 6.51. The van der Waals surface area contributed by atoms with Gasteiger partial charge in [0, 0.05) is 13.1 Å². The number of amides is 1. The van der Waals surface area contributed by atoms with Crippen LogP contribution in [0.15, 0.2) is 0 Å². The van der Waals surface area contributed by atoms with Gasteiger partial charge in [-0.3, -0.25) is 14.8 Å². The van der Waals surface area contributed by atoms with Crippen LogP contribution in [-0.4, -0.2) is 50.2 Å². The zero-order valence-electron chi connectivity index (χ0n) is 13.3. The molecule has 0 fully saturated rings. The fraction of sp³-hybridized carbons (Fsp3) is 0.538. The molecule has 0 bridgehead atoms. The molecule has 0 radical (unpaired) electrons. The van der Waals surface area contributed by atoms with E-state index in [4.69, 9.17) is 12.2 Å². The van der Waals surface area contributed by atoms with Gasteiger partial charge in [0.2, 0.25) is 5.91 Å². The van der Waals surface area contributed by atoms with Crippen molar-refractivity contribution in [2.75, 3.05) is 18.9 Å². The average Bonchev–Trinajstić information content (AvgIpc) is 2.93.